The number of aliphatic hydroxyl groups excluding tert-OH is 1. The molecule has 36 nitrogen and oxygen atoms in total. The van der Waals surface area contributed by atoms with Crippen LogP contribution in [-0.4, -0.2) is 209 Å². The molecule has 0 aliphatic heterocycles. The number of aliphatic carboxylic acids is 2. The second-order valence-corrected chi connectivity index (χ2v) is 28.7. The summed E-state index contributed by atoms with van der Waals surface area (Å²) in [5.41, 5.74) is 25.2. The number of primary amides is 1. The number of hydrogen-bond donors (Lipinski definition) is 21. The van der Waals surface area contributed by atoms with E-state index in [1.54, 1.807) is 163 Å². The van der Waals surface area contributed by atoms with E-state index in [1.165, 1.54) is 0 Å². The molecule has 0 saturated carbocycles. The summed E-state index contributed by atoms with van der Waals surface area (Å²) >= 11 is 0. The summed E-state index contributed by atoms with van der Waals surface area (Å²) in [5.74, 6) is -17.0. The van der Waals surface area contributed by atoms with Crippen LogP contribution in [-0.2, 0) is 97.6 Å². The van der Waals surface area contributed by atoms with Crippen molar-refractivity contribution in [3.8, 4) is 0 Å². The highest BCUT2D eigenvalue weighted by Gasteiger charge is 2.39. The monoisotopic (exact) mass is 1600 g/mol. The van der Waals surface area contributed by atoms with Crippen molar-refractivity contribution in [3.63, 3.8) is 0 Å². The van der Waals surface area contributed by atoms with Crippen LogP contribution in [0, 0.1) is 23.2 Å². The van der Waals surface area contributed by atoms with Crippen LogP contribution >= 0.6 is 0 Å². The zero-order chi connectivity index (χ0) is 85.3. The summed E-state index contributed by atoms with van der Waals surface area (Å²) in [5, 5.41) is 71.1. The van der Waals surface area contributed by atoms with Crippen molar-refractivity contribution in [1.82, 2.24) is 69.1 Å². The van der Waals surface area contributed by atoms with Crippen LogP contribution < -0.4 is 92.1 Å². The first kappa shape index (κ1) is 95.5. The normalized spacial score (nSPS) is 14.5. The number of carbonyl (C=O) groups excluding carboxylic acids is 13. The van der Waals surface area contributed by atoms with Gasteiger partial charge in [0, 0.05) is 45.1 Å². The maximum Gasteiger partial charge on any atom is 0.326 e. The summed E-state index contributed by atoms with van der Waals surface area (Å²) in [6, 6.07) is 15.9. The Morgan fingerprint density at radius 1 is 0.391 bits per heavy atom. The van der Waals surface area contributed by atoms with Crippen LogP contribution in [0.5, 0.6) is 0 Å². The van der Waals surface area contributed by atoms with Gasteiger partial charge in [-0.3, -0.25) is 72.5 Å². The van der Waals surface area contributed by atoms with Gasteiger partial charge in [-0.2, -0.15) is 0 Å². The fraction of sp³-hybridized carbons (Fsp3) is 0.494. The Kier molecular flexibility index (Phi) is 41.7. The van der Waals surface area contributed by atoms with Gasteiger partial charge in [-0.15, -0.1) is 0 Å². The van der Waals surface area contributed by atoms with Crippen molar-refractivity contribution in [3.05, 3.63) is 144 Å². The predicted octanol–water partition coefficient (Wildman–Crippen LogP) is -2.31. The molecule has 4 aromatic rings. The second kappa shape index (κ2) is 50.2. The van der Waals surface area contributed by atoms with Crippen molar-refractivity contribution in [1.29, 1.82) is 5.41 Å². The molecule has 0 aliphatic carbocycles. The van der Waals surface area contributed by atoms with Gasteiger partial charge in [0.2, 0.25) is 76.8 Å². The Morgan fingerprint density at radius 2 is 0.748 bits per heavy atom. The number of aliphatic hydroxyl groups is 1. The number of hydrogen-bond acceptors (Lipinski definition) is 19. The molecule has 13 atom stereocenters. The van der Waals surface area contributed by atoms with E-state index in [2.05, 4.69) is 69.1 Å². The van der Waals surface area contributed by atoms with E-state index >= 15 is 0 Å². The highest BCUT2D eigenvalue weighted by atomic mass is 16.4. The molecule has 13 amide bonds. The Bertz CT molecular complexity index is 3880. The van der Waals surface area contributed by atoms with E-state index in [1.807, 2.05) is 0 Å². The molecule has 0 unspecified atom stereocenters. The summed E-state index contributed by atoms with van der Waals surface area (Å²) < 4.78 is 0. The molecule has 0 spiro atoms. The fourth-order valence-electron chi connectivity index (χ4n) is 11.8. The molecule has 0 saturated heterocycles. The van der Waals surface area contributed by atoms with Crippen LogP contribution in [0.2, 0.25) is 0 Å². The maximum absolute atomic E-state index is 14.9. The molecule has 25 N–H and O–H groups in total. The summed E-state index contributed by atoms with van der Waals surface area (Å²) in [6.45, 7) is 8.28. The number of benzene rings is 4. The van der Waals surface area contributed by atoms with E-state index in [0.29, 0.717) is 28.7 Å². The Balaban J connectivity index is 1.60. The zero-order valence-corrected chi connectivity index (χ0v) is 65.7. The lowest BCUT2D eigenvalue weighted by molar-refractivity contribution is -0.143. The first-order valence-corrected chi connectivity index (χ1v) is 38.3. The number of amides is 13. The molecule has 115 heavy (non-hydrogen) atoms. The summed E-state index contributed by atoms with van der Waals surface area (Å²) in [4.78, 5) is 208. The van der Waals surface area contributed by atoms with Crippen LogP contribution in [0.4, 0.5) is 0 Å². The molecule has 4 rings (SSSR count). The lowest BCUT2D eigenvalue weighted by atomic mass is 9.95. The average molecular weight is 1600 g/mol. The van der Waals surface area contributed by atoms with Crippen molar-refractivity contribution >= 4 is 94.7 Å². The van der Waals surface area contributed by atoms with E-state index in [0.717, 1.165) is 0 Å². The van der Waals surface area contributed by atoms with Crippen LogP contribution in [0.1, 0.15) is 128 Å². The van der Waals surface area contributed by atoms with Crippen LogP contribution in [0.25, 0.3) is 0 Å². The minimum Gasteiger partial charge on any atom is -0.481 e. The highest BCUT2D eigenvalue weighted by molar-refractivity contribution is 6.00. The number of rotatable bonds is 52. The fourth-order valence-corrected chi connectivity index (χ4v) is 11.8. The van der Waals surface area contributed by atoms with E-state index in [4.69, 9.17) is 28.3 Å². The second-order valence-electron chi connectivity index (χ2n) is 28.7. The predicted molar refractivity (Wildman–Crippen MR) is 424 cm³/mol. The van der Waals surface area contributed by atoms with Gasteiger partial charge in [0.05, 0.1) is 19.2 Å². The van der Waals surface area contributed by atoms with Gasteiger partial charge >= 0.3 is 11.9 Å². The van der Waals surface area contributed by atoms with Gasteiger partial charge in [0.15, 0.2) is 5.96 Å². The topological polar surface area (TPSA) is 601 Å². The Hall–Kier alpha value is -11.9. The maximum atomic E-state index is 14.9. The minimum absolute atomic E-state index is 0.0177. The van der Waals surface area contributed by atoms with E-state index in [9.17, 15) is 87.2 Å². The van der Waals surface area contributed by atoms with Gasteiger partial charge < -0.3 is 107 Å². The quantitative estimate of drug-likeness (QED) is 0.0125. The molecule has 0 radical (unpaired) electrons. The van der Waals surface area contributed by atoms with E-state index in [-0.39, 0.29) is 76.8 Å². The molecule has 0 bridgehead atoms. The first-order valence-electron chi connectivity index (χ1n) is 38.3. The first-order chi connectivity index (χ1) is 54.6. The van der Waals surface area contributed by atoms with Crippen molar-refractivity contribution in [2.45, 2.75) is 204 Å². The number of guanidine groups is 1. The third-order valence-corrected chi connectivity index (χ3v) is 18.8. The number of unbranched alkanes of at least 4 members (excludes halogenated alkanes) is 1. The molecule has 0 aromatic heterocycles. The molecule has 0 fully saturated rings. The summed E-state index contributed by atoms with van der Waals surface area (Å²) in [6.07, 6.45) is -2.20. The van der Waals surface area contributed by atoms with Gasteiger partial charge in [-0.25, -0.2) is 4.79 Å². The lowest BCUT2D eigenvalue weighted by Crippen LogP contribution is -2.62. The molecular formula is C79H114N18O18. The lowest BCUT2D eigenvalue weighted by Gasteiger charge is -2.31. The largest absolute Gasteiger partial charge is 0.481 e. The van der Waals surface area contributed by atoms with Gasteiger partial charge in [0.25, 0.3) is 0 Å². The number of nitrogens with one attached hydrogen (secondary N) is 14. The number of nitrogens with two attached hydrogens (primary N) is 4. The van der Waals surface area contributed by atoms with Gasteiger partial charge in [-0.05, 0) is 91.5 Å². The molecule has 0 heterocycles. The average Bonchev–Trinajstić information content (AvgIpc) is 0.849. The molecule has 628 valence electrons. The molecular weight excluding hydrogens is 1490 g/mol. The third-order valence-electron chi connectivity index (χ3n) is 18.8. The third kappa shape index (κ3) is 34.9. The van der Waals surface area contributed by atoms with Crippen molar-refractivity contribution in [2.24, 2.45) is 40.7 Å². The number of carboxylic acids is 2. The smallest absolute Gasteiger partial charge is 0.326 e. The Labute approximate surface area is 668 Å². The SMILES string of the molecule is CC[C@H](C)[C@H](NC(=O)[C@@H](NC(=O)[C@H](CCCNC(=N)N)NC(=O)[C@H](CO)NC(=O)CNC(=O)[C@H](Cc1ccccc1)NC(=O)[C@@H](N)C(C)C)C(C)C)C(=O)N[C@@H](CCC(N)=O)C(=O)N[C@@H](CCCCN)C(=O)N[C@@H](Cc1ccccc1)C(=O)N[C@@H](Cc1ccccc1)C(=O)N[C@@H](CCC(=O)O)C(=O)N[C@@H](Cc1ccccc1)C(=O)O. The standard InChI is InChI=1S/C79H114N18O18/c1-7-47(6)66(97-76(112)65(46(4)5)96-71(107)53(32-22-38-85-79(83)84)89-74(110)60(44-98)87-62(100)43-86-67(103)56(39-48-23-12-8-13-24-48)94-75(111)64(82)45(2)3)77(113)91-54(33-35-61(81)99)69(105)88-52(31-20-21-37-80)68(104)92-58(41-50-27-16-10-17-28-50)73(109)93-57(40-49-25-14-9-15-26-49)72(108)90-55(34-36-63(101)102)70(106)95-59(78(114)115)42-51-29-18-11-19-30-51/h8-19,23-30,45-47,52-60,64-66,98H,7,20-22,31-44,80,82H2,1-6H3,(H2,81,99)(H,86,103)(H,87,100)(H,88,105)(H,89,110)(H,90,108)(H,91,113)(H,92,104)(H,93,109)(H,94,111)(H,95,106)(H,96,107)(H,97,112)(H,101,102)(H,114,115)(H4,83,84,85)/t47-,52-,53-,54-,55-,56-,57-,58-,59-,60-,64-,65-,66-/m0/s1. The molecule has 36 heteroatoms. The molecule has 4 aromatic carbocycles. The highest BCUT2D eigenvalue weighted by Crippen LogP contribution is 2.16. The van der Waals surface area contributed by atoms with E-state index < -0.39 is 218 Å². The Morgan fingerprint density at radius 3 is 1.15 bits per heavy atom. The zero-order valence-electron chi connectivity index (χ0n) is 65.7. The van der Waals surface area contributed by atoms with Gasteiger partial charge in [-0.1, -0.05) is 169 Å². The van der Waals surface area contributed by atoms with Crippen LogP contribution in [0.15, 0.2) is 121 Å². The number of carbonyl (C=O) groups is 15. The van der Waals surface area contributed by atoms with Gasteiger partial charge in [0.1, 0.15) is 66.5 Å². The van der Waals surface area contributed by atoms with Crippen molar-refractivity contribution < 1.29 is 87.2 Å². The number of carboxylic acid groups (broad SMARTS) is 2. The van der Waals surface area contributed by atoms with Crippen LogP contribution in [0.3, 0.4) is 0 Å². The minimum atomic E-state index is -1.73. The molecule has 0 aliphatic rings. The van der Waals surface area contributed by atoms with Crippen molar-refractivity contribution in [2.75, 3.05) is 26.2 Å². The summed E-state index contributed by atoms with van der Waals surface area (Å²) in [7, 11) is 0.